The van der Waals surface area contributed by atoms with Crippen molar-refractivity contribution in [3.63, 3.8) is 0 Å². The zero-order valence-corrected chi connectivity index (χ0v) is 20.1. The van der Waals surface area contributed by atoms with Gasteiger partial charge in [0.2, 0.25) is 0 Å². The molecule has 3 aromatic rings. The van der Waals surface area contributed by atoms with Crippen molar-refractivity contribution in [2.24, 2.45) is 0 Å². The van der Waals surface area contributed by atoms with Crippen LogP contribution >= 0.6 is 0 Å². The van der Waals surface area contributed by atoms with Crippen LogP contribution in [0.5, 0.6) is 0 Å². The Kier molecular flexibility index (Phi) is 6.47. The third kappa shape index (κ3) is 4.63. The number of fused-ring (bicyclic) bond motifs is 1. The summed E-state index contributed by atoms with van der Waals surface area (Å²) in [5.74, 6) is 0.902. The maximum absolute atomic E-state index is 13.1. The number of pyridine rings is 1. The first-order valence-corrected chi connectivity index (χ1v) is 11.9. The molecule has 1 atom stereocenters. The smallest absolute Gasteiger partial charge is 0.252 e. The third-order valence-electron chi connectivity index (χ3n) is 6.61. The van der Waals surface area contributed by atoms with Gasteiger partial charge < -0.3 is 4.98 Å². The van der Waals surface area contributed by atoms with Crippen molar-refractivity contribution in [2.75, 3.05) is 0 Å². The molecule has 4 rings (SSSR count). The van der Waals surface area contributed by atoms with Crippen LogP contribution in [0.4, 0.5) is 0 Å². The molecule has 0 spiro atoms. The Labute approximate surface area is 190 Å². The lowest BCUT2D eigenvalue weighted by Crippen LogP contribution is -2.40. The molecule has 172 valence electrons. The van der Waals surface area contributed by atoms with Crippen molar-refractivity contribution in [1.29, 1.82) is 0 Å². The summed E-state index contributed by atoms with van der Waals surface area (Å²) in [7, 11) is 0. The molecular formula is C25H36N6O. The molecule has 1 unspecified atom stereocenters. The highest BCUT2D eigenvalue weighted by Gasteiger charge is 2.34. The highest BCUT2D eigenvalue weighted by Crippen LogP contribution is 2.35. The fourth-order valence-electron chi connectivity index (χ4n) is 5.00. The first-order chi connectivity index (χ1) is 15.3. The maximum atomic E-state index is 13.1. The minimum Gasteiger partial charge on any atom is -0.322 e. The van der Waals surface area contributed by atoms with Crippen molar-refractivity contribution >= 4 is 10.9 Å². The molecule has 1 aliphatic rings. The van der Waals surface area contributed by atoms with Gasteiger partial charge in [-0.1, -0.05) is 38.3 Å². The molecule has 2 aromatic heterocycles. The molecule has 1 saturated carbocycles. The number of rotatable bonds is 7. The van der Waals surface area contributed by atoms with E-state index in [9.17, 15) is 4.79 Å². The summed E-state index contributed by atoms with van der Waals surface area (Å²) in [5, 5.41) is 13.9. The third-order valence-corrected chi connectivity index (χ3v) is 6.61. The summed E-state index contributed by atoms with van der Waals surface area (Å²) in [5.41, 5.74) is 2.64. The maximum Gasteiger partial charge on any atom is 0.252 e. The molecule has 7 nitrogen and oxygen atoms in total. The number of hydrogen-bond donors (Lipinski definition) is 1. The van der Waals surface area contributed by atoms with Gasteiger partial charge in [-0.3, -0.25) is 9.69 Å². The summed E-state index contributed by atoms with van der Waals surface area (Å²) in [4.78, 5) is 18.7. The lowest BCUT2D eigenvalue weighted by Gasteiger charge is -2.36. The fraction of sp³-hybridized carbons (Fsp3) is 0.600. The zero-order chi connectivity index (χ0) is 22.9. The van der Waals surface area contributed by atoms with Crippen molar-refractivity contribution in [2.45, 2.75) is 97.3 Å². The number of aromatic nitrogens is 5. The quantitative estimate of drug-likeness (QED) is 0.572. The molecule has 7 heteroatoms. The molecule has 1 N–H and O–H groups in total. The van der Waals surface area contributed by atoms with E-state index in [0.29, 0.717) is 12.6 Å². The van der Waals surface area contributed by atoms with Crippen LogP contribution in [-0.2, 0) is 12.1 Å². The van der Waals surface area contributed by atoms with E-state index in [0.717, 1.165) is 53.5 Å². The van der Waals surface area contributed by atoms with Gasteiger partial charge in [-0.25, -0.2) is 4.68 Å². The number of H-pyrrole nitrogens is 1. The van der Waals surface area contributed by atoms with E-state index in [2.05, 4.69) is 71.3 Å². The summed E-state index contributed by atoms with van der Waals surface area (Å²) in [6.45, 7) is 11.2. The SMILES string of the molecule is CCCC(c1nnnn1C(C)(C)C)N(Cc1cc2ccc(C)cc2[nH]c1=O)C1CCCC1. The van der Waals surface area contributed by atoms with E-state index in [1.165, 1.54) is 12.8 Å². The molecule has 32 heavy (non-hydrogen) atoms. The van der Waals surface area contributed by atoms with Gasteiger partial charge in [-0.05, 0) is 80.5 Å². The predicted octanol–water partition coefficient (Wildman–Crippen LogP) is 4.86. The zero-order valence-electron chi connectivity index (χ0n) is 20.1. The van der Waals surface area contributed by atoms with E-state index in [1.54, 1.807) is 0 Å². The minimum absolute atomic E-state index is 0.00300. The van der Waals surface area contributed by atoms with Gasteiger partial charge in [0.05, 0.1) is 11.6 Å². The minimum atomic E-state index is -0.204. The van der Waals surface area contributed by atoms with Gasteiger partial charge in [0.25, 0.3) is 5.56 Å². The average Bonchev–Trinajstić information content (AvgIpc) is 3.42. The summed E-state index contributed by atoms with van der Waals surface area (Å²) in [6.07, 6.45) is 6.76. The second-order valence-electron chi connectivity index (χ2n) is 10.2. The number of aromatic amines is 1. The summed E-state index contributed by atoms with van der Waals surface area (Å²) >= 11 is 0. The van der Waals surface area contributed by atoms with Gasteiger partial charge in [0.1, 0.15) is 0 Å². The Morgan fingerprint density at radius 1 is 1.22 bits per heavy atom. The standard InChI is InChI=1S/C25H36N6O/c1-6-9-22(23-27-28-29-31(23)25(3,4)5)30(20-10-7-8-11-20)16-19-15-18-13-12-17(2)14-21(18)26-24(19)32/h12-15,20,22H,6-11,16H2,1-5H3,(H,26,32). The molecule has 0 amide bonds. The number of benzene rings is 1. The van der Waals surface area contributed by atoms with E-state index in [-0.39, 0.29) is 17.1 Å². The first kappa shape index (κ1) is 22.6. The lowest BCUT2D eigenvalue weighted by atomic mass is 10.0. The van der Waals surface area contributed by atoms with Crippen LogP contribution in [0.3, 0.4) is 0 Å². The Bertz CT molecular complexity index is 1120. The molecule has 2 heterocycles. The second-order valence-corrected chi connectivity index (χ2v) is 10.2. The predicted molar refractivity (Wildman–Crippen MR) is 128 cm³/mol. The van der Waals surface area contributed by atoms with E-state index >= 15 is 0 Å². The van der Waals surface area contributed by atoms with Crippen LogP contribution in [0.2, 0.25) is 0 Å². The summed E-state index contributed by atoms with van der Waals surface area (Å²) < 4.78 is 1.96. The molecule has 0 radical (unpaired) electrons. The largest absolute Gasteiger partial charge is 0.322 e. The van der Waals surface area contributed by atoms with Crippen LogP contribution in [0.1, 0.15) is 89.2 Å². The number of nitrogens with one attached hydrogen (secondary N) is 1. The van der Waals surface area contributed by atoms with Crippen LogP contribution < -0.4 is 5.56 Å². The average molecular weight is 437 g/mol. The molecule has 0 aliphatic heterocycles. The summed E-state index contributed by atoms with van der Waals surface area (Å²) in [6, 6.07) is 8.79. The van der Waals surface area contributed by atoms with Crippen LogP contribution in [-0.4, -0.2) is 36.1 Å². The van der Waals surface area contributed by atoms with Gasteiger partial charge in [-0.15, -0.1) is 5.10 Å². The van der Waals surface area contributed by atoms with Gasteiger partial charge in [0.15, 0.2) is 5.82 Å². The van der Waals surface area contributed by atoms with E-state index < -0.39 is 0 Å². The monoisotopic (exact) mass is 436 g/mol. The van der Waals surface area contributed by atoms with Gasteiger partial charge in [0, 0.05) is 23.7 Å². The number of nitrogens with zero attached hydrogens (tertiary/aromatic N) is 5. The number of hydrogen-bond acceptors (Lipinski definition) is 5. The van der Waals surface area contributed by atoms with Gasteiger partial charge in [-0.2, -0.15) is 0 Å². The van der Waals surface area contributed by atoms with Crippen molar-refractivity contribution in [3.05, 3.63) is 51.6 Å². The second kappa shape index (κ2) is 9.14. The number of aryl methyl sites for hydroxylation is 1. The van der Waals surface area contributed by atoms with E-state index in [1.807, 2.05) is 17.7 Å². The van der Waals surface area contributed by atoms with Crippen molar-refractivity contribution in [1.82, 2.24) is 30.1 Å². The highest BCUT2D eigenvalue weighted by molar-refractivity contribution is 5.79. The normalized spacial score (nSPS) is 16.3. The fourth-order valence-corrected chi connectivity index (χ4v) is 5.00. The molecular weight excluding hydrogens is 400 g/mol. The number of tetrazole rings is 1. The Morgan fingerprint density at radius 3 is 2.66 bits per heavy atom. The van der Waals surface area contributed by atoms with Crippen LogP contribution in [0, 0.1) is 6.92 Å². The van der Waals surface area contributed by atoms with Crippen LogP contribution in [0.15, 0.2) is 29.1 Å². The Balaban J connectivity index is 1.76. The molecule has 0 saturated heterocycles. The Morgan fingerprint density at radius 2 is 1.97 bits per heavy atom. The highest BCUT2D eigenvalue weighted by atomic mass is 16.1. The van der Waals surface area contributed by atoms with Crippen molar-refractivity contribution in [3.8, 4) is 0 Å². The first-order valence-electron chi connectivity index (χ1n) is 11.9. The van der Waals surface area contributed by atoms with Crippen LogP contribution in [0.25, 0.3) is 10.9 Å². The molecule has 1 aliphatic carbocycles. The molecule has 1 aromatic carbocycles. The van der Waals surface area contributed by atoms with Gasteiger partial charge >= 0.3 is 0 Å². The van der Waals surface area contributed by atoms with Crippen molar-refractivity contribution < 1.29 is 0 Å². The topological polar surface area (TPSA) is 79.7 Å². The lowest BCUT2D eigenvalue weighted by molar-refractivity contribution is 0.104. The molecule has 0 bridgehead atoms. The van der Waals surface area contributed by atoms with E-state index in [4.69, 9.17) is 0 Å². The Hall–Kier alpha value is -2.54. The molecule has 1 fully saturated rings.